The van der Waals surface area contributed by atoms with Crippen LogP contribution >= 0.6 is 0 Å². The number of para-hydroxylation sites is 2. The minimum absolute atomic E-state index is 0.0696. The Balaban J connectivity index is 2.05. The van der Waals surface area contributed by atoms with E-state index in [9.17, 15) is 15.3 Å². The molecule has 0 spiro atoms. The summed E-state index contributed by atoms with van der Waals surface area (Å²) in [4.78, 5) is 15.5. The average Bonchev–Trinajstić information content (AvgIpc) is 2.48. The van der Waals surface area contributed by atoms with Crippen molar-refractivity contribution < 1.29 is 14.6 Å². The lowest BCUT2D eigenvalue weighted by Crippen LogP contribution is -1.98. The van der Waals surface area contributed by atoms with Crippen LogP contribution in [0.15, 0.2) is 59.9 Å². The number of hydrogen-bond donors (Lipinski definition) is 0. The lowest BCUT2D eigenvalue weighted by molar-refractivity contribution is -0.480. The van der Waals surface area contributed by atoms with E-state index in [0.717, 1.165) is 0 Å². The van der Waals surface area contributed by atoms with E-state index in [1.54, 1.807) is 48.5 Å². The van der Waals surface area contributed by atoms with Gasteiger partial charge in [0.1, 0.15) is 0 Å². The number of nitro groups is 1. The molecule has 2 aromatic carbocycles. The van der Waals surface area contributed by atoms with E-state index in [1.807, 2.05) is 0 Å². The van der Waals surface area contributed by atoms with E-state index in [0.29, 0.717) is 16.1 Å². The fraction of sp³-hybridized carbons (Fsp3) is 0.0769. The molecule has 0 aliphatic carbocycles. The second-order valence-electron chi connectivity index (χ2n) is 3.85. The molecular formula is C13H11N3O4. The maximum Gasteiger partial charge on any atom is 0.276 e. The SMILES string of the molecule is O=[N+]([O-])c1ccccc1CO/N=[N+](\[O-])c1ccccc1. The summed E-state index contributed by atoms with van der Waals surface area (Å²) in [6, 6.07) is 14.4. The van der Waals surface area contributed by atoms with Gasteiger partial charge < -0.3 is 10.0 Å². The first-order chi connectivity index (χ1) is 9.68. The first kappa shape index (κ1) is 13.5. The molecule has 0 radical (unpaired) electrons. The van der Waals surface area contributed by atoms with Crippen LogP contribution < -0.4 is 0 Å². The molecule has 0 heterocycles. The van der Waals surface area contributed by atoms with Crippen molar-refractivity contribution in [1.29, 1.82) is 0 Å². The molecule has 0 saturated carbocycles. The molecule has 0 amide bonds. The quantitative estimate of drug-likeness (QED) is 0.361. The summed E-state index contributed by atoms with van der Waals surface area (Å²) in [6.45, 7) is -0.150. The molecule has 0 bridgehead atoms. The van der Waals surface area contributed by atoms with Gasteiger partial charge >= 0.3 is 0 Å². The Morgan fingerprint density at radius 3 is 2.35 bits per heavy atom. The first-order valence-electron chi connectivity index (χ1n) is 5.76. The zero-order valence-electron chi connectivity index (χ0n) is 10.4. The molecule has 0 N–H and O–H groups in total. The summed E-state index contributed by atoms with van der Waals surface area (Å²) in [7, 11) is 0. The smallest absolute Gasteiger partial charge is 0.276 e. The first-order valence-corrected chi connectivity index (χ1v) is 5.76. The van der Waals surface area contributed by atoms with Gasteiger partial charge in [-0.05, 0) is 10.9 Å². The van der Waals surface area contributed by atoms with Gasteiger partial charge in [0.05, 0.1) is 10.5 Å². The van der Waals surface area contributed by atoms with Gasteiger partial charge in [0, 0.05) is 18.2 Å². The predicted molar refractivity (Wildman–Crippen MR) is 70.0 cm³/mol. The molecule has 20 heavy (non-hydrogen) atoms. The molecule has 2 rings (SSSR count). The minimum atomic E-state index is -0.509. The monoisotopic (exact) mass is 273 g/mol. The molecule has 0 aromatic heterocycles. The Bertz CT molecular complexity index is 629. The third kappa shape index (κ3) is 3.29. The van der Waals surface area contributed by atoms with Crippen molar-refractivity contribution >= 4 is 11.4 Å². The van der Waals surface area contributed by atoms with E-state index in [1.165, 1.54) is 6.07 Å². The fourth-order valence-electron chi connectivity index (χ4n) is 1.56. The van der Waals surface area contributed by atoms with Crippen LogP contribution in [-0.4, -0.2) is 9.78 Å². The normalized spacial score (nSPS) is 11.1. The molecule has 0 aliphatic heterocycles. The lowest BCUT2D eigenvalue weighted by atomic mass is 10.2. The van der Waals surface area contributed by atoms with Crippen LogP contribution in [-0.2, 0) is 11.4 Å². The highest BCUT2D eigenvalue weighted by molar-refractivity contribution is 5.39. The number of nitrogens with zero attached hydrogens (tertiary/aromatic N) is 3. The predicted octanol–water partition coefficient (Wildman–Crippen LogP) is 3.32. The summed E-state index contributed by atoms with van der Waals surface area (Å²) >= 11 is 0. The number of benzene rings is 2. The molecule has 102 valence electrons. The topological polar surface area (TPSA) is 90.8 Å². The van der Waals surface area contributed by atoms with Crippen LogP contribution in [0.25, 0.3) is 0 Å². The Kier molecular flexibility index (Phi) is 4.23. The number of nitro benzene ring substituents is 1. The van der Waals surface area contributed by atoms with Gasteiger partial charge in [0.25, 0.3) is 5.69 Å². The van der Waals surface area contributed by atoms with Gasteiger partial charge in [-0.3, -0.25) is 10.1 Å². The molecule has 0 saturated heterocycles. The molecule has 0 unspecified atom stereocenters. The van der Waals surface area contributed by atoms with Gasteiger partial charge in [-0.2, -0.15) is 0 Å². The molecule has 2 aromatic rings. The summed E-state index contributed by atoms with van der Waals surface area (Å²) in [6.07, 6.45) is 0. The van der Waals surface area contributed by atoms with Crippen LogP contribution in [0.4, 0.5) is 11.4 Å². The van der Waals surface area contributed by atoms with E-state index in [2.05, 4.69) is 5.28 Å². The van der Waals surface area contributed by atoms with Crippen molar-refractivity contribution in [2.45, 2.75) is 6.61 Å². The Morgan fingerprint density at radius 2 is 1.65 bits per heavy atom. The Labute approximate surface area is 114 Å². The summed E-state index contributed by atoms with van der Waals surface area (Å²) < 4.78 is 0. The maximum atomic E-state index is 11.5. The van der Waals surface area contributed by atoms with Gasteiger partial charge in [0.2, 0.25) is 11.0 Å². The van der Waals surface area contributed by atoms with Crippen molar-refractivity contribution in [1.82, 2.24) is 0 Å². The van der Waals surface area contributed by atoms with Gasteiger partial charge in [-0.25, -0.2) is 0 Å². The van der Waals surface area contributed by atoms with Crippen molar-refractivity contribution in [3.05, 3.63) is 75.5 Å². The Hall–Kier alpha value is -2.96. The highest BCUT2D eigenvalue weighted by Crippen LogP contribution is 2.18. The van der Waals surface area contributed by atoms with Crippen LogP contribution in [0.5, 0.6) is 0 Å². The second kappa shape index (κ2) is 6.28. The Morgan fingerprint density at radius 1 is 1.00 bits per heavy atom. The van der Waals surface area contributed by atoms with Crippen LogP contribution in [0, 0.1) is 15.3 Å². The van der Waals surface area contributed by atoms with E-state index in [-0.39, 0.29) is 12.3 Å². The molecular weight excluding hydrogens is 262 g/mol. The average molecular weight is 273 g/mol. The highest BCUT2D eigenvalue weighted by atomic mass is 16.7. The van der Waals surface area contributed by atoms with E-state index in [4.69, 9.17) is 4.84 Å². The van der Waals surface area contributed by atoms with Crippen molar-refractivity contribution in [2.75, 3.05) is 0 Å². The summed E-state index contributed by atoms with van der Waals surface area (Å²) in [5, 5.41) is 25.7. The van der Waals surface area contributed by atoms with E-state index < -0.39 is 4.92 Å². The largest absolute Gasteiger partial charge is 0.592 e. The summed E-state index contributed by atoms with van der Waals surface area (Å²) in [5.41, 5.74) is 0.595. The van der Waals surface area contributed by atoms with Gasteiger partial charge in [-0.1, -0.05) is 30.3 Å². The molecule has 7 heteroatoms. The third-order valence-corrected chi connectivity index (χ3v) is 2.52. The van der Waals surface area contributed by atoms with E-state index >= 15 is 0 Å². The molecule has 7 nitrogen and oxygen atoms in total. The van der Waals surface area contributed by atoms with Crippen LogP contribution in [0.2, 0.25) is 0 Å². The lowest BCUT2D eigenvalue weighted by Gasteiger charge is -2.01. The fourth-order valence-corrected chi connectivity index (χ4v) is 1.56. The zero-order chi connectivity index (χ0) is 14.4. The van der Waals surface area contributed by atoms with Crippen molar-refractivity contribution in [3.8, 4) is 0 Å². The minimum Gasteiger partial charge on any atom is -0.592 e. The summed E-state index contributed by atoms with van der Waals surface area (Å²) in [5.74, 6) is 0. The number of rotatable bonds is 5. The zero-order valence-corrected chi connectivity index (χ0v) is 10.4. The number of hydrogen-bond acceptors (Lipinski definition) is 5. The van der Waals surface area contributed by atoms with Gasteiger partial charge in [-0.15, -0.1) is 0 Å². The molecule has 0 atom stereocenters. The van der Waals surface area contributed by atoms with Crippen LogP contribution in [0.3, 0.4) is 0 Å². The third-order valence-electron chi connectivity index (χ3n) is 2.52. The van der Waals surface area contributed by atoms with Crippen molar-refractivity contribution in [3.63, 3.8) is 0 Å². The standard InChI is InChI=1S/C13H11N3O4/c17-15(12-7-2-1-3-8-12)14-20-10-11-6-4-5-9-13(11)16(18)19/h1-9H,10H2/b15-14-. The second-order valence-corrected chi connectivity index (χ2v) is 3.85. The van der Waals surface area contributed by atoms with Gasteiger partial charge in [0.15, 0.2) is 6.61 Å². The highest BCUT2D eigenvalue weighted by Gasteiger charge is 2.13. The molecule has 0 aliphatic rings. The molecule has 0 fully saturated rings. The maximum absolute atomic E-state index is 11.5. The van der Waals surface area contributed by atoms with Crippen molar-refractivity contribution in [2.24, 2.45) is 5.28 Å². The van der Waals surface area contributed by atoms with Crippen LogP contribution in [0.1, 0.15) is 5.56 Å².